The van der Waals surface area contributed by atoms with E-state index in [1.54, 1.807) is 6.07 Å². The van der Waals surface area contributed by atoms with Crippen LogP contribution in [0.1, 0.15) is 10.4 Å². The maximum Gasteiger partial charge on any atom is 0.339 e. The summed E-state index contributed by atoms with van der Waals surface area (Å²) in [6.07, 6.45) is 0. The third-order valence-electron chi connectivity index (χ3n) is 4.60. The number of carboxylic acid groups (broad SMARTS) is 1. The molecular formula is C20H6F2I4O5. The summed E-state index contributed by atoms with van der Waals surface area (Å²) in [5.41, 5.74) is -0.356. The fraction of sp³-hybridized carbons (Fsp3) is 0. The number of hydrogen-bond acceptors (Lipinski definition) is 4. The zero-order chi connectivity index (χ0) is 22.8. The number of rotatable bonds is 2. The Morgan fingerprint density at radius 1 is 0.968 bits per heavy atom. The van der Waals surface area contributed by atoms with E-state index in [9.17, 15) is 28.6 Å². The van der Waals surface area contributed by atoms with Gasteiger partial charge in [0.2, 0.25) is 5.43 Å². The van der Waals surface area contributed by atoms with Crippen LogP contribution in [0.3, 0.4) is 0 Å². The number of phenolic OH excluding ortho intramolecular Hbond substituents is 1. The molecule has 0 bridgehead atoms. The van der Waals surface area contributed by atoms with E-state index in [1.807, 2.05) is 90.4 Å². The summed E-state index contributed by atoms with van der Waals surface area (Å²) in [7, 11) is 0. The van der Waals surface area contributed by atoms with Crippen LogP contribution in [0.15, 0.2) is 33.5 Å². The molecule has 1 aliphatic carbocycles. The first-order chi connectivity index (χ1) is 14.5. The van der Waals surface area contributed by atoms with Crippen molar-refractivity contribution < 1.29 is 28.2 Å². The molecule has 0 unspecified atom stereocenters. The zero-order valence-electron chi connectivity index (χ0n) is 14.7. The summed E-state index contributed by atoms with van der Waals surface area (Å²) in [6.45, 7) is 0. The summed E-state index contributed by atoms with van der Waals surface area (Å²) in [5.74, 6) is -4.30. The van der Waals surface area contributed by atoms with Crippen LogP contribution in [0.2, 0.25) is 0 Å². The van der Waals surface area contributed by atoms with Crippen molar-refractivity contribution in [3.63, 3.8) is 0 Å². The number of hydrogen-bond donors (Lipinski definition) is 2. The first-order valence-corrected chi connectivity index (χ1v) is 12.5. The monoisotopic (exact) mass is 872 g/mol. The van der Waals surface area contributed by atoms with E-state index < -0.39 is 23.2 Å². The number of benzene rings is 3. The molecule has 0 atom stereocenters. The fourth-order valence-electron chi connectivity index (χ4n) is 3.25. The molecule has 5 nitrogen and oxygen atoms in total. The quantitative estimate of drug-likeness (QED) is 0.174. The Bertz CT molecular complexity index is 1470. The molecule has 31 heavy (non-hydrogen) atoms. The average molecular weight is 872 g/mol. The van der Waals surface area contributed by atoms with Crippen molar-refractivity contribution in [2.75, 3.05) is 0 Å². The molecule has 2 aromatic carbocycles. The Morgan fingerprint density at radius 2 is 1.65 bits per heavy atom. The predicted octanol–water partition coefficient (Wildman–Crippen LogP) is 6.67. The fourth-order valence-corrected chi connectivity index (χ4v) is 6.83. The van der Waals surface area contributed by atoms with E-state index in [0.29, 0.717) is 21.7 Å². The highest BCUT2D eigenvalue weighted by atomic mass is 127. The minimum absolute atomic E-state index is 0.0469. The first-order valence-electron chi connectivity index (χ1n) is 8.21. The van der Waals surface area contributed by atoms with Crippen molar-refractivity contribution in [2.24, 2.45) is 0 Å². The first kappa shape index (κ1) is 23.3. The molecule has 1 heterocycles. The number of carbonyl (C=O) groups is 1. The second kappa shape index (κ2) is 8.51. The molecule has 0 fully saturated rings. The lowest BCUT2D eigenvalue weighted by atomic mass is 9.90. The second-order valence-corrected chi connectivity index (χ2v) is 10.8. The average Bonchev–Trinajstić information content (AvgIpc) is 2.71. The van der Waals surface area contributed by atoms with E-state index in [-0.39, 0.29) is 37.2 Å². The van der Waals surface area contributed by atoms with Gasteiger partial charge in [-0.2, -0.15) is 0 Å². The maximum atomic E-state index is 14.6. The summed E-state index contributed by atoms with van der Waals surface area (Å²) in [5, 5.41) is 20.4. The van der Waals surface area contributed by atoms with E-state index in [0.717, 1.165) is 6.07 Å². The van der Waals surface area contributed by atoms with Crippen LogP contribution in [0.4, 0.5) is 8.78 Å². The molecule has 4 rings (SSSR count). The number of aromatic hydroxyl groups is 1. The molecule has 1 aliphatic heterocycles. The van der Waals surface area contributed by atoms with Crippen LogP contribution < -0.4 is 5.43 Å². The molecule has 2 aromatic rings. The molecule has 2 N–H and O–H groups in total. The Morgan fingerprint density at radius 3 is 2.29 bits per heavy atom. The van der Waals surface area contributed by atoms with Gasteiger partial charge in [-0.3, -0.25) is 4.79 Å². The summed E-state index contributed by atoms with van der Waals surface area (Å²) < 4.78 is 35.8. The summed E-state index contributed by atoms with van der Waals surface area (Å²) in [4.78, 5) is 24.4. The highest BCUT2D eigenvalue weighted by molar-refractivity contribution is 14.1. The van der Waals surface area contributed by atoms with Crippen molar-refractivity contribution in [1.29, 1.82) is 0 Å². The molecule has 0 saturated carbocycles. The van der Waals surface area contributed by atoms with Crippen LogP contribution in [-0.4, -0.2) is 16.2 Å². The zero-order valence-corrected chi connectivity index (χ0v) is 23.3. The molecular weight excluding hydrogens is 866 g/mol. The smallest absolute Gasteiger partial charge is 0.339 e. The van der Waals surface area contributed by atoms with Gasteiger partial charge in [0.15, 0.2) is 23.0 Å². The van der Waals surface area contributed by atoms with Gasteiger partial charge in [0.05, 0.1) is 10.7 Å². The third kappa shape index (κ3) is 3.71. The molecule has 2 aliphatic rings. The lowest BCUT2D eigenvalue weighted by Crippen LogP contribution is -2.13. The molecule has 0 amide bonds. The van der Waals surface area contributed by atoms with Gasteiger partial charge in [-0.15, -0.1) is 0 Å². The standard InChI is InChI=1S/C20H6F2I4O5/c21-8-2-1-5(12(13(8)22)20(29)30)11-6-3-9(23)16(27)14(25)18(6)31-19-7(11)4-10(24)17(28)15(19)26/h1-4,27H,(H,29,30). The van der Waals surface area contributed by atoms with Crippen molar-refractivity contribution in [1.82, 2.24) is 0 Å². The summed E-state index contributed by atoms with van der Waals surface area (Å²) in [6, 6.07) is 5.14. The van der Waals surface area contributed by atoms with Gasteiger partial charge in [0.25, 0.3) is 0 Å². The highest BCUT2D eigenvalue weighted by Gasteiger charge is 2.29. The largest absolute Gasteiger partial charge is 0.506 e. The number of phenols is 1. The van der Waals surface area contributed by atoms with Gasteiger partial charge in [-0.1, -0.05) is 6.07 Å². The molecule has 0 aromatic heterocycles. The Hall–Kier alpha value is -0.820. The topological polar surface area (TPSA) is 87.7 Å². The van der Waals surface area contributed by atoms with Crippen LogP contribution in [-0.2, 0) is 0 Å². The van der Waals surface area contributed by atoms with Crippen LogP contribution in [0.25, 0.3) is 33.4 Å². The van der Waals surface area contributed by atoms with E-state index in [2.05, 4.69) is 0 Å². The molecule has 0 radical (unpaired) electrons. The van der Waals surface area contributed by atoms with Gasteiger partial charge in [0, 0.05) is 22.1 Å². The van der Waals surface area contributed by atoms with E-state index in [4.69, 9.17) is 4.42 Å². The van der Waals surface area contributed by atoms with Gasteiger partial charge in [-0.05, 0) is 109 Å². The predicted molar refractivity (Wildman–Crippen MR) is 144 cm³/mol. The van der Waals surface area contributed by atoms with Crippen molar-refractivity contribution >= 4 is 107 Å². The van der Waals surface area contributed by atoms with E-state index in [1.165, 1.54) is 12.1 Å². The number of fused-ring (bicyclic) bond motifs is 2. The van der Waals surface area contributed by atoms with Crippen LogP contribution in [0, 0.1) is 25.9 Å². The van der Waals surface area contributed by atoms with Crippen LogP contribution >= 0.6 is 90.4 Å². The Labute approximate surface area is 227 Å². The number of carboxylic acids is 1. The molecule has 0 spiro atoms. The SMILES string of the molecule is O=C(O)c1c(-c2c3cc(I)c(=O)c(I)c-3oc3c(I)c(O)c(I)cc23)ccc(F)c1F. The van der Waals surface area contributed by atoms with Crippen molar-refractivity contribution in [3.8, 4) is 28.2 Å². The van der Waals surface area contributed by atoms with Gasteiger partial charge in [-0.25, -0.2) is 13.6 Å². The van der Waals surface area contributed by atoms with Gasteiger partial charge < -0.3 is 14.6 Å². The van der Waals surface area contributed by atoms with Crippen LogP contribution in [0.5, 0.6) is 5.75 Å². The Balaban J connectivity index is 2.36. The van der Waals surface area contributed by atoms with Crippen molar-refractivity contribution in [3.05, 3.63) is 66.0 Å². The highest BCUT2D eigenvalue weighted by Crippen LogP contribution is 2.46. The summed E-state index contributed by atoms with van der Waals surface area (Å²) >= 11 is 7.48. The third-order valence-corrected chi connectivity index (χ3v) is 8.21. The second-order valence-electron chi connectivity index (χ2n) is 6.34. The lowest BCUT2D eigenvalue weighted by molar-refractivity contribution is 0.0691. The minimum atomic E-state index is -1.64. The number of aromatic carboxylic acids is 1. The maximum absolute atomic E-state index is 14.6. The van der Waals surface area contributed by atoms with E-state index >= 15 is 0 Å². The Kier molecular flexibility index (Phi) is 6.41. The van der Waals surface area contributed by atoms with Crippen molar-refractivity contribution in [2.45, 2.75) is 0 Å². The molecule has 158 valence electrons. The normalized spacial score (nSPS) is 11.4. The van der Waals surface area contributed by atoms with Gasteiger partial charge in [0.1, 0.15) is 14.9 Å². The minimum Gasteiger partial charge on any atom is -0.506 e. The lowest BCUT2D eigenvalue weighted by Gasteiger charge is -2.19. The van der Waals surface area contributed by atoms with Gasteiger partial charge >= 0.3 is 5.97 Å². The molecule has 0 saturated heterocycles. The number of halogens is 6. The molecule has 11 heteroatoms.